The summed E-state index contributed by atoms with van der Waals surface area (Å²) in [7, 11) is 1.91. The highest BCUT2D eigenvalue weighted by atomic mass is 15.2. The summed E-state index contributed by atoms with van der Waals surface area (Å²) in [5.41, 5.74) is 2.75. The second-order valence-electron chi connectivity index (χ2n) is 4.46. The molecule has 0 unspecified atom stereocenters. The number of hydrogen-bond donors (Lipinski definition) is 1. The quantitative estimate of drug-likeness (QED) is 0.847. The van der Waals surface area contributed by atoms with Gasteiger partial charge >= 0.3 is 0 Å². The molecule has 0 aromatic carbocycles. The third-order valence-corrected chi connectivity index (χ3v) is 3.54. The first-order valence-corrected chi connectivity index (χ1v) is 6.14. The van der Waals surface area contributed by atoms with Gasteiger partial charge in [0.1, 0.15) is 5.82 Å². The number of rotatable bonds is 3. The molecule has 0 radical (unpaired) electrons. The number of anilines is 1. The minimum absolute atomic E-state index is 0.586. The summed E-state index contributed by atoms with van der Waals surface area (Å²) in [6.07, 6.45) is 4.63. The average Bonchev–Trinajstić information content (AvgIpc) is 2.76. The molecule has 3 nitrogen and oxygen atoms in total. The molecule has 0 spiro atoms. The van der Waals surface area contributed by atoms with Crippen LogP contribution in [0.15, 0.2) is 12.3 Å². The molecule has 0 saturated carbocycles. The Hall–Kier alpha value is -1.09. The molecule has 0 bridgehead atoms. The summed E-state index contributed by atoms with van der Waals surface area (Å²) in [5, 5.41) is 3.09. The fourth-order valence-corrected chi connectivity index (χ4v) is 2.61. The van der Waals surface area contributed by atoms with Gasteiger partial charge in [0.15, 0.2) is 0 Å². The lowest BCUT2D eigenvalue weighted by Crippen LogP contribution is -2.23. The maximum absolute atomic E-state index is 4.43. The van der Waals surface area contributed by atoms with Gasteiger partial charge in [0.05, 0.1) is 0 Å². The fourth-order valence-electron chi connectivity index (χ4n) is 2.61. The van der Waals surface area contributed by atoms with Crippen molar-refractivity contribution >= 4 is 5.82 Å². The number of aromatic nitrogens is 1. The van der Waals surface area contributed by atoms with E-state index in [4.69, 9.17) is 0 Å². The number of likely N-dealkylation sites (tertiary alicyclic amines) is 1. The van der Waals surface area contributed by atoms with Crippen molar-refractivity contribution in [2.24, 2.45) is 0 Å². The van der Waals surface area contributed by atoms with Crippen LogP contribution in [0.25, 0.3) is 0 Å². The van der Waals surface area contributed by atoms with Crippen molar-refractivity contribution in [3.8, 4) is 0 Å². The highest BCUT2D eigenvalue weighted by Crippen LogP contribution is 2.33. The molecule has 16 heavy (non-hydrogen) atoms. The Morgan fingerprint density at radius 1 is 1.56 bits per heavy atom. The Balaban J connectivity index is 2.26. The van der Waals surface area contributed by atoms with Crippen LogP contribution < -0.4 is 5.32 Å². The van der Waals surface area contributed by atoms with Crippen LogP contribution in [0.2, 0.25) is 0 Å². The number of nitrogens with zero attached hydrogens (tertiary/aromatic N) is 2. The van der Waals surface area contributed by atoms with Crippen LogP contribution in [0, 0.1) is 6.92 Å². The topological polar surface area (TPSA) is 28.2 Å². The predicted molar refractivity (Wildman–Crippen MR) is 67.7 cm³/mol. The van der Waals surface area contributed by atoms with E-state index in [9.17, 15) is 0 Å². The first-order chi connectivity index (χ1) is 7.76. The van der Waals surface area contributed by atoms with Crippen molar-refractivity contribution in [1.82, 2.24) is 9.88 Å². The summed E-state index contributed by atoms with van der Waals surface area (Å²) in [4.78, 5) is 6.98. The van der Waals surface area contributed by atoms with E-state index in [-0.39, 0.29) is 0 Å². The molecule has 2 heterocycles. The SMILES string of the molecule is CCN1CCC[C@H]1c1cnc(NC)cc1C. The van der Waals surface area contributed by atoms with E-state index in [1.54, 1.807) is 0 Å². The van der Waals surface area contributed by atoms with Crippen LogP contribution in [0.1, 0.15) is 36.9 Å². The summed E-state index contributed by atoms with van der Waals surface area (Å²) in [5.74, 6) is 0.960. The second kappa shape index (κ2) is 4.83. The normalized spacial score (nSPS) is 21.3. The number of hydrogen-bond acceptors (Lipinski definition) is 3. The minimum atomic E-state index is 0.586. The van der Waals surface area contributed by atoms with Crippen LogP contribution in [-0.4, -0.2) is 30.0 Å². The molecule has 0 amide bonds. The maximum atomic E-state index is 4.43. The van der Waals surface area contributed by atoms with E-state index in [0.717, 1.165) is 12.4 Å². The Bertz CT molecular complexity index is 362. The van der Waals surface area contributed by atoms with Crippen LogP contribution in [-0.2, 0) is 0 Å². The average molecular weight is 219 g/mol. The van der Waals surface area contributed by atoms with Crippen LogP contribution >= 0.6 is 0 Å². The molecular weight excluding hydrogens is 198 g/mol. The highest BCUT2D eigenvalue weighted by Gasteiger charge is 2.25. The first-order valence-electron chi connectivity index (χ1n) is 6.14. The largest absolute Gasteiger partial charge is 0.373 e. The molecule has 1 aromatic rings. The van der Waals surface area contributed by atoms with Crippen molar-refractivity contribution in [3.63, 3.8) is 0 Å². The van der Waals surface area contributed by atoms with Gasteiger partial charge in [-0.05, 0) is 50.0 Å². The number of aryl methyl sites for hydroxylation is 1. The van der Waals surface area contributed by atoms with E-state index >= 15 is 0 Å². The lowest BCUT2D eigenvalue weighted by Gasteiger charge is -2.24. The smallest absolute Gasteiger partial charge is 0.125 e. The molecule has 1 aromatic heterocycles. The molecule has 1 N–H and O–H groups in total. The van der Waals surface area contributed by atoms with Gasteiger partial charge in [-0.3, -0.25) is 4.90 Å². The Kier molecular flexibility index (Phi) is 3.44. The molecule has 1 atom stereocenters. The maximum Gasteiger partial charge on any atom is 0.125 e. The predicted octanol–water partition coefficient (Wildman–Crippen LogP) is 2.59. The van der Waals surface area contributed by atoms with E-state index in [1.165, 1.54) is 30.5 Å². The van der Waals surface area contributed by atoms with Gasteiger partial charge in [0, 0.05) is 19.3 Å². The van der Waals surface area contributed by atoms with E-state index < -0.39 is 0 Å². The molecule has 1 aliphatic rings. The van der Waals surface area contributed by atoms with Gasteiger partial charge in [-0.25, -0.2) is 4.98 Å². The monoisotopic (exact) mass is 219 g/mol. The molecule has 1 saturated heterocycles. The zero-order chi connectivity index (χ0) is 11.5. The van der Waals surface area contributed by atoms with Crippen molar-refractivity contribution in [1.29, 1.82) is 0 Å². The number of nitrogens with one attached hydrogen (secondary N) is 1. The van der Waals surface area contributed by atoms with Crippen LogP contribution in [0.5, 0.6) is 0 Å². The Morgan fingerprint density at radius 3 is 3.00 bits per heavy atom. The van der Waals surface area contributed by atoms with Crippen molar-refractivity contribution < 1.29 is 0 Å². The molecule has 1 aliphatic heterocycles. The third-order valence-electron chi connectivity index (χ3n) is 3.54. The second-order valence-corrected chi connectivity index (χ2v) is 4.46. The Labute approximate surface area is 97.9 Å². The third kappa shape index (κ3) is 2.05. The zero-order valence-corrected chi connectivity index (χ0v) is 10.5. The van der Waals surface area contributed by atoms with Crippen molar-refractivity contribution in [2.75, 3.05) is 25.5 Å². The molecule has 0 aliphatic carbocycles. The minimum Gasteiger partial charge on any atom is -0.373 e. The van der Waals surface area contributed by atoms with Crippen LogP contribution in [0.3, 0.4) is 0 Å². The molecule has 2 rings (SSSR count). The van der Waals surface area contributed by atoms with Gasteiger partial charge in [0.25, 0.3) is 0 Å². The summed E-state index contributed by atoms with van der Waals surface area (Å²) < 4.78 is 0. The Morgan fingerprint density at radius 2 is 2.38 bits per heavy atom. The van der Waals surface area contributed by atoms with E-state index in [2.05, 4.69) is 35.1 Å². The highest BCUT2D eigenvalue weighted by molar-refractivity contribution is 5.41. The van der Waals surface area contributed by atoms with Crippen molar-refractivity contribution in [2.45, 2.75) is 32.7 Å². The standard InChI is InChI=1S/C13H21N3/c1-4-16-7-5-6-12(16)11-9-15-13(14-3)8-10(11)2/h8-9,12H,4-7H2,1-3H3,(H,14,15)/t12-/m0/s1. The van der Waals surface area contributed by atoms with Gasteiger partial charge in [-0.15, -0.1) is 0 Å². The molecule has 3 heteroatoms. The van der Waals surface area contributed by atoms with Crippen LogP contribution in [0.4, 0.5) is 5.82 Å². The number of pyridine rings is 1. The van der Waals surface area contributed by atoms with E-state index in [0.29, 0.717) is 6.04 Å². The first kappa shape index (κ1) is 11.4. The molecular formula is C13H21N3. The zero-order valence-electron chi connectivity index (χ0n) is 10.5. The molecule has 88 valence electrons. The summed E-state index contributed by atoms with van der Waals surface area (Å²) in [6, 6.07) is 2.73. The van der Waals surface area contributed by atoms with E-state index in [1.807, 2.05) is 13.2 Å². The summed E-state index contributed by atoms with van der Waals surface area (Å²) >= 11 is 0. The van der Waals surface area contributed by atoms with Gasteiger partial charge in [-0.1, -0.05) is 6.92 Å². The lowest BCUT2D eigenvalue weighted by atomic mass is 10.0. The van der Waals surface area contributed by atoms with Gasteiger partial charge in [-0.2, -0.15) is 0 Å². The summed E-state index contributed by atoms with van der Waals surface area (Å²) in [6.45, 7) is 6.79. The fraction of sp³-hybridized carbons (Fsp3) is 0.615. The van der Waals surface area contributed by atoms with Gasteiger partial charge in [0.2, 0.25) is 0 Å². The van der Waals surface area contributed by atoms with Gasteiger partial charge < -0.3 is 5.32 Å². The van der Waals surface area contributed by atoms with Crippen molar-refractivity contribution in [3.05, 3.63) is 23.4 Å². The molecule has 1 fully saturated rings. The lowest BCUT2D eigenvalue weighted by molar-refractivity contribution is 0.270.